The Balaban J connectivity index is 0.000000862. The molecule has 2 amide bonds. The predicted octanol–water partition coefficient (Wildman–Crippen LogP) is 5.45. The fraction of sp³-hybridized carbons (Fsp3) is 0.484. The second-order valence-corrected chi connectivity index (χ2v) is 12.4. The average Bonchev–Trinajstić information content (AvgIpc) is 2.90. The van der Waals surface area contributed by atoms with Gasteiger partial charge in [-0.2, -0.15) is 0 Å². The highest BCUT2D eigenvalue weighted by atomic mass is 35.5. The Morgan fingerprint density at radius 3 is 1.39 bits per heavy atom. The van der Waals surface area contributed by atoms with E-state index in [1.165, 1.54) is 21.3 Å². The quantitative estimate of drug-likeness (QED) is 0.167. The van der Waals surface area contributed by atoms with Crippen LogP contribution in [0.5, 0.6) is 11.5 Å². The molecule has 0 bridgehead atoms. The van der Waals surface area contributed by atoms with Crippen molar-refractivity contribution in [3.8, 4) is 11.5 Å². The number of nitrogens with one attached hydrogen (secondary N) is 2. The van der Waals surface area contributed by atoms with Crippen molar-refractivity contribution in [3.05, 3.63) is 57.6 Å². The van der Waals surface area contributed by atoms with Gasteiger partial charge in [0.2, 0.25) is 0 Å². The van der Waals surface area contributed by atoms with Crippen molar-refractivity contribution < 1.29 is 48.0 Å². The standard InChI is InChI=1S/C16H22ClNO5.C15H20ClNO5.B/c1-16(2,3)23-15(20)18-12(14(19)22-5)9-10-6-7-13(21-4)11(17)8-10;1-15(2,3)22-14(20)17-11(13(18)19)8-9-5-6-12(21-4)10(16)7-9;/h6-8,12H,9H2,1-5H3,(H,18,20);5-7,11H,8H2,1-4H3,(H,17,20)(H,18,19);/t12-;11-;/m11./s1. The molecule has 0 heterocycles. The monoisotopic (exact) mass is 683 g/mol. The van der Waals surface area contributed by atoms with Gasteiger partial charge in [0.1, 0.15) is 34.8 Å². The lowest BCUT2D eigenvalue weighted by Gasteiger charge is -2.22. The number of amides is 2. The molecule has 3 N–H and O–H groups in total. The van der Waals surface area contributed by atoms with Crippen LogP contribution < -0.4 is 20.1 Å². The van der Waals surface area contributed by atoms with E-state index in [0.717, 1.165) is 5.56 Å². The van der Waals surface area contributed by atoms with Crippen LogP contribution >= 0.6 is 23.2 Å². The van der Waals surface area contributed by atoms with Crippen LogP contribution in [0.25, 0.3) is 0 Å². The maximum atomic E-state index is 11.9. The molecule has 0 unspecified atom stereocenters. The number of alkyl carbamates (subject to hydrolysis) is 2. The lowest BCUT2D eigenvalue weighted by molar-refractivity contribution is -0.143. The maximum absolute atomic E-state index is 11.9. The second-order valence-electron chi connectivity index (χ2n) is 11.6. The van der Waals surface area contributed by atoms with Crippen molar-refractivity contribution in [2.75, 3.05) is 21.3 Å². The van der Waals surface area contributed by atoms with Crippen molar-refractivity contribution in [2.24, 2.45) is 0 Å². The Morgan fingerprint density at radius 1 is 0.717 bits per heavy atom. The van der Waals surface area contributed by atoms with Crippen LogP contribution in [-0.4, -0.2) is 82.3 Å². The average molecular weight is 684 g/mol. The minimum absolute atomic E-state index is 0. The molecule has 2 atom stereocenters. The number of benzene rings is 2. The van der Waals surface area contributed by atoms with E-state index in [1.807, 2.05) is 0 Å². The summed E-state index contributed by atoms with van der Waals surface area (Å²) in [7, 11) is 4.26. The molecular formula is C31H42BCl2N2O10. The number of carbonyl (C=O) groups excluding carboxylic acids is 3. The molecule has 2 aromatic carbocycles. The number of hydrogen-bond acceptors (Lipinski definition) is 9. The summed E-state index contributed by atoms with van der Waals surface area (Å²) in [6.45, 7) is 10.3. The Hall–Kier alpha value is -3.84. The van der Waals surface area contributed by atoms with E-state index in [0.29, 0.717) is 27.1 Å². The third-order valence-corrected chi connectivity index (χ3v) is 6.07. The Labute approximate surface area is 281 Å². The van der Waals surface area contributed by atoms with Crippen molar-refractivity contribution >= 4 is 55.7 Å². The van der Waals surface area contributed by atoms with Gasteiger partial charge in [0.25, 0.3) is 0 Å². The molecule has 0 aliphatic heterocycles. The van der Waals surface area contributed by atoms with E-state index in [9.17, 15) is 24.3 Å². The molecule has 0 saturated carbocycles. The number of carboxylic acid groups (broad SMARTS) is 1. The molecule has 3 radical (unpaired) electrons. The maximum Gasteiger partial charge on any atom is 0.408 e. The van der Waals surface area contributed by atoms with Gasteiger partial charge in [-0.3, -0.25) is 0 Å². The van der Waals surface area contributed by atoms with Gasteiger partial charge in [-0.1, -0.05) is 35.3 Å². The fourth-order valence-electron chi connectivity index (χ4n) is 3.58. The first-order chi connectivity index (χ1) is 20.8. The minimum Gasteiger partial charge on any atom is -0.495 e. The van der Waals surface area contributed by atoms with E-state index < -0.39 is 47.4 Å². The number of halogens is 2. The summed E-state index contributed by atoms with van der Waals surface area (Å²) in [6, 6.07) is 8.08. The number of ether oxygens (including phenoxy) is 5. The van der Waals surface area contributed by atoms with Crippen LogP contribution in [0, 0.1) is 0 Å². The number of hydrogen-bond donors (Lipinski definition) is 3. The summed E-state index contributed by atoms with van der Waals surface area (Å²) in [5, 5.41) is 14.9. The van der Waals surface area contributed by atoms with Crippen LogP contribution in [0.4, 0.5) is 9.59 Å². The minimum atomic E-state index is -1.15. The summed E-state index contributed by atoms with van der Waals surface area (Å²) < 4.78 is 25.1. The first kappa shape index (κ1) is 42.2. The largest absolute Gasteiger partial charge is 0.495 e. The molecule has 253 valence electrons. The topological polar surface area (TPSA) is 159 Å². The fourth-order valence-corrected chi connectivity index (χ4v) is 4.14. The molecule has 2 aromatic rings. The third kappa shape index (κ3) is 15.9. The zero-order valence-corrected chi connectivity index (χ0v) is 29.0. The van der Waals surface area contributed by atoms with Gasteiger partial charge in [-0.15, -0.1) is 0 Å². The molecule has 0 spiro atoms. The van der Waals surface area contributed by atoms with Crippen LogP contribution in [0.15, 0.2) is 36.4 Å². The lowest BCUT2D eigenvalue weighted by Crippen LogP contribution is -2.45. The van der Waals surface area contributed by atoms with Crippen molar-refractivity contribution in [1.29, 1.82) is 0 Å². The summed E-state index contributed by atoms with van der Waals surface area (Å²) >= 11 is 12.1. The highest BCUT2D eigenvalue weighted by Gasteiger charge is 2.26. The molecule has 12 nitrogen and oxygen atoms in total. The smallest absolute Gasteiger partial charge is 0.408 e. The Morgan fingerprint density at radius 2 is 1.09 bits per heavy atom. The van der Waals surface area contributed by atoms with Crippen molar-refractivity contribution in [3.63, 3.8) is 0 Å². The van der Waals surface area contributed by atoms with Crippen LogP contribution in [0.1, 0.15) is 52.7 Å². The van der Waals surface area contributed by atoms with E-state index >= 15 is 0 Å². The Bertz CT molecular complexity index is 1330. The van der Waals surface area contributed by atoms with Crippen LogP contribution in [0.3, 0.4) is 0 Å². The molecule has 0 fully saturated rings. The molecule has 15 heteroatoms. The summed E-state index contributed by atoms with van der Waals surface area (Å²) in [5.74, 6) is -0.692. The summed E-state index contributed by atoms with van der Waals surface area (Å²) in [6.07, 6.45) is -1.17. The van der Waals surface area contributed by atoms with Gasteiger partial charge in [0.15, 0.2) is 0 Å². The van der Waals surface area contributed by atoms with Crippen LogP contribution in [-0.2, 0) is 36.6 Å². The van der Waals surface area contributed by atoms with Crippen molar-refractivity contribution in [1.82, 2.24) is 10.6 Å². The van der Waals surface area contributed by atoms with Crippen molar-refractivity contribution in [2.45, 2.75) is 77.7 Å². The highest BCUT2D eigenvalue weighted by Crippen LogP contribution is 2.26. The number of carboxylic acids is 1. The number of methoxy groups -OCH3 is 3. The number of carbonyl (C=O) groups is 4. The molecular weight excluding hydrogens is 642 g/mol. The molecule has 0 saturated heterocycles. The molecule has 0 aliphatic rings. The summed E-state index contributed by atoms with van der Waals surface area (Å²) in [5.41, 5.74) is 0.0570. The highest BCUT2D eigenvalue weighted by molar-refractivity contribution is 6.32. The third-order valence-electron chi connectivity index (χ3n) is 5.48. The summed E-state index contributed by atoms with van der Waals surface area (Å²) in [4.78, 5) is 46.7. The van der Waals surface area contributed by atoms with Crippen LogP contribution in [0.2, 0.25) is 10.0 Å². The number of rotatable bonds is 10. The normalized spacial score (nSPS) is 12.1. The van der Waals surface area contributed by atoms with Gasteiger partial charge in [-0.05, 0) is 76.9 Å². The van der Waals surface area contributed by atoms with E-state index in [4.69, 9.17) is 46.9 Å². The second kappa shape index (κ2) is 19.0. The molecule has 46 heavy (non-hydrogen) atoms. The van der Waals surface area contributed by atoms with E-state index in [2.05, 4.69) is 10.6 Å². The zero-order chi connectivity index (χ0) is 34.5. The predicted molar refractivity (Wildman–Crippen MR) is 175 cm³/mol. The zero-order valence-electron chi connectivity index (χ0n) is 27.5. The lowest BCUT2D eigenvalue weighted by atomic mass is 10.1. The first-order valence-electron chi connectivity index (χ1n) is 13.7. The first-order valence-corrected chi connectivity index (χ1v) is 14.5. The molecule has 0 aromatic heterocycles. The number of aliphatic carboxylic acids is 1. The molecule has 2 rings (SSSR count). The van der Waals surface area contributed by atoms with Gasteiger partial charge < -0.3 is 39.4 Å². The van der Waals surface area contributed by atoms with E-state index in [-0.39, 0.29) is 21.3 Å². The van der Waals surface area contributed by atoms with Gasteiger partial charge in [0, 0.05) is 21.3 Å². The Kier molecular flexibility index (Phi) is 17.4. The van der Waals surface area contributed by atoms with Gasteiger partial charge >= 0.3 is 24.1 Å². The van der Waals surface area contributed by atoms with Gasteiger partial charge in [-0.25, -0.2) is 19.2 Å². The molecule has 0 aliphatic carbocycles. The van der Waals surface area contributed by atoms with E-state index in [1.54, 1.807) is 77.9 Å². The van der Waals surface area contributed by atoms with Gasteiger partial charge in [0.05, 0.1) is 31.4 Å². The number of esters is 1. The SMILES string of the molecule is COC(=O)[C@@H](Cc1ccc(OC)c(Cl)c1)NC(=O)OC(C)(C)C.COc1ccc(C[C@@H](NC(=O)OC(C)(C)C)C(=O)O)cc1Cl.[B].